The predicted molar refractivity (Wildman–Crippen MR) is 117 cm³/mol. The van der Waals surface area contributed by atoms with E-state index < -0.39 is 0 Å². The lowest BCUT2D eigenvalue weighted by Crippen LogP contribution is -2.30. The lowest BCUT2D eigenvalue weighted by molar-refractivity contribution is -0.117. The molecule has 4 aromatic rings. The number of aromatic nitrogens is 3. The normalized spacial score (nSPS) is 11.0. The van der Waals surface area contributed by atoms with Crippen molar-refractivity contribution in [3.8, 4) is 11.3 Å². The van der Waals surface area contributed by atoms with Crippen LogP contribution < -0.4 is 10.9 Å². The quantitative estimate of drug-likeness (QED) is 0.525. The minimum absolute atomic E-state index is 0.208. The van der Waals surface area contributed by atoms with Gasteiger partial charge in [-0.1, -0.05) is 41.9 Å². The van der Waals surface area contributed by atoms with E-state index in [9.17, 15) is 9.59 Å². The molecule has 0 aliphatic carbocycles. The number of anilines is 1. The van der Waals surface area contributed by atoms with Gasteiger partial charge in [-0.3, -0.25) is 9.59 Å². The highest BCUT2D eigenvalue weighted by molar-refractivity contribution is 7.19. The number of carbonyl (C=O) groups excluding carboxylic acids is 1. The topological polar surface area (TPSA) is 76.9 Å². The second-order valence-corrected chi connectivity index (χ2v) is 8.23. The largest absolute Gasteiger partial charge is 0.324 e. The van der Waals surface area contributed by atoms with Crippen LogP contribution in [0.15, 0.2) is 53.3 Å². The van der Waals surface area contributed by atoms with Gasteiger partial charge in [0.1, 0.15) is 12.2 Å². The average molecular weight is 425 g/mol. The molecule has 0 aliphatic rings. The smallest absolute Gasteiger partial charge is 0.294 e. The van der Waals surface area contributed by atoms with Gasteiger partial charge in [-0.15, -0.1) is 11.3 Å². The van der Waals surface area contributed by atoms with Crippen molar-refractivity contribution in [2.75, 3.05) is 5.32 Å². The molecule has 146 valence electrons. The Morgan fingerprint density at radius 2 is 1.86 bits per heavy atom. The highest BCUT2D eigenvalue weighted by atomic mass is 35.5. The Morgan fingerprint density at radius 1 is 1.14 bits per heavy atom. The Balaban J connectivity index is 1.75. The SMILES string of the molecule is Cc1nc2c(=O)n(CC(=O)Nc3ccccc3C)nc(-c3ccc(Cl)cc3)c2s1. The Hall–Kier alpha value is -3.03. The number of aryl methyl sites for hydroxylation is 2. The van der Waals surface area contributed by atoms with E-state index in [1.807, 2.05) is 50.2 Å². The molecule has 2 aromatic heterocycles. The standard InChI is InChI=1S/C21H17ClN4O2S/c1-12-5-3-4-6-16(12)24-17(27)11-26-21(28)19-20(29-13(2)23-19)18(25-26)14-7-9-15(22)10-8-14/h3-10H,11H2,1-2H3,(H,24,27). The van der Waals surface area contributed by atoms with Crippen molar-refractivity contribution in [1.29, 1.82) is 0 Å². The molecule has 8 heteroatoms. The molecule has 0 atom stereocenters. The molecule has 0 saturated heterocycles. The highest BCUT2D eigenvalue weighted by Crippen LogP contribution is 2.30. The molecule has 2 aromatic carbocycles. The summed E-state index contributed by atoms with van der Waals surface area (Å²) in [7, 11) is 0. The third-order valence-corrected chi connectivity index (χ3v) is 5.67. The van der Waals surface area contributed by atoms with Crippen LogP contribution >= 0.6 is 22.9 Å². The summed E-state index contributed by atoms with van der Waals surface area (Å²) >= 11 is 7.40. The fourth-order valence-electron chi connectivity index (χ4n) is 3.01. The Kier molecular flexibility index (Phi) is 5.17. The van der Waals surface area contributed by atoms with Gasteiger partial charge in [0.2, 0.25) is 5.91 Å². The molecule has 2 heterocycles. The molecule has 0 unspecified atom stereocenters. The summed E-state index contributed by atoms with van der Waals surface area (Å²) in [6, 6.07) is 14.7. The fraction of sp³-hybridized carbons (Fsp3) is 0.143. The van der Waals surface area contributed by atoms with Crippen molar-refractivity contribution in [2.45, 2.75) is 20.4 Å². The molecule has 4 rings (SSSR count). The van der Waals surface area contributed by atoms with Crippen LogP contribution in [0.3, 0.4) is 0 Å². The fourth-order valence-corrected chi connectivity index (χ4v) is 4.05. The summed E-state index contributed by atoms with van der Waals surface area (Å²) in [4.78, 5) is 29.8. The molecule has 0 fully saturated rings. The van der Waals surface area contributed by atoms with E-state index in [1.54, 1.807) is 12.1 Å². The molecular weight excluding hydrogens is 408 g/mol. The van der Waals surface area contributed by atoms with E-state index in [0.29, 0.717) is 26.6 Å². The van der Waals surface area contributed by atoms with E-state index in [0.717, 1.165) is 16.1 Å². The summed E-state index contributed by atoms with van der Waals surface area (Å²) in [5.74, 6) is -0.331. The van der Waals surface area contributed by atoms with Gasteiger partial charge in [-0.2, -0.15) is 5.10 Å². The zero-order valence-corrected chi connectivity index (χ0v) is 17.3. The molecule has 1 amide bonds. The summed E-state index contributed by atoms with van der Waals surface area (Å²) < 4.78 is 1.87. The molecule has 0 aliphatic heterocycles. The number of halogens is 1. The van der Waals surface area contributed by atoms with Gasteiger partial charge in [0.15, 0.2) is 5.52 Å². The molecule has 0 saturated carbocycles. The molecule has 0 radical (unpaired) electrons. The summed E-state index contributed by atoms with van der Waals surface area (Å²) in [5, 5.41) is 8.69. The zero-order valence-electron chi connectivity index (χ0n) is 15.8. The van der Waals surface area contributed by atoms with E-state index in [2.05, 4.69) is 15.4 Å². The monoisotopic (exact) mass is 424 g/mol. The third-order valence-electron chi connectivity index (χ3n) is 4.44. The Bertz CT molecular complexity index is 1280. The van der Waals surface area contributed by atoms with E-state index in [1.165, 1.54) is 16.0 Å². The Morgan fingerprint density at radius 3 is 2.59 bits per heavy atom. The number of thiazole rings is 1. The van der Waals surface area contributed by atoms with Crippen LogP contribution in [-0.4, -0.2) is 20.7 Å². The number of para-hydroxylation sites is 1. The predicted octanol–water partition coefficient (Wildman–Crippen LogP) is 4.43. The molecule has 29 heavy (non-hydrogen) atoms. The van der Waals surface area contributed by atoms with Crippen LogP contribution in [0.2, 0.25) is 5.02 Å². The number of hydrogen-bond donors (Lipinski definition) is 1. The number of amides is 1. The van der Waals surface area contributed by atoms with Gasteiger partial charge in [-0.05, 0) is 37.6 Å². The number of hydrogen-bond acceptors (Lipinski definition) is 5. The van der Waals surface area contributed by atoms with Gasteiger partial charge in [-0.25, -0.2) is 9.67 Å². The molecular formula is C21H17ClN4O2S. The number of fused-ring (bicyclic) bond motifs is 1. The van der Waals surface area contributed by atoms with Gasteiger partial charge >= 0.3 is 0 Å². The van der Waals surface area contributed by atoms with Gasteiger partial charge in [0.25, 0.3) is 5.56 Å². The van der Waals surface area contributed by atoms with E-state index in [4.69, 9.17) is 11.6 Å². The number of nitrogens with one attached hydrogen (secondary N) is 1. The van der Waals surface area contributed by atoms with Crippen molar-refractivity contribution < 1.29 is 4.79 Å². The van der Waals surface area contributed by atoms with Crippen LogP contribution in [0.25, 0.3) is 21.5 Å². The number of carbonyl (C=O) groups is 1. The lowest BCUT2D eigenvalue weighted by atomic mass is 10.1. The van der Waals surface area contributed by atoms with Crippen molar-refractivity contribution in [3.63, 3.8) is 0 Å². The molecule has 0 bridgehead atoms. The first-order chi connectivity index (χ1) is 13.9. The van der Waals surface area contributed by atoms with Crippen LogP contribution in [-0.2, 0) is 11.3 Å². The van der Waals surface area contributed by atoms with Crippen molar-refractivity contribution in [3.05, 3.63) is 74.5 Å². The molecule has 1 N–H and O–H groups in total. The second-order valence-electron chi connectivity index (χ2n) is 6.59. The number of benzene rings is 2. The summed E-state index contributed by atoms with van der Waals surface area (Å²) in [6.45, 7) is 3.54. The number of rotatable bonds is 4. The number of nitrogens with zero attached hydrogens (tertiary/aromatic N) is 3. The Labute approximate surface area is 175 Å². The van der Waals surface area contributed by atoms with Crippen LogP contribution in [0.1, 0.15) is 10.6 Å². The first-order valence-electron chi connectivity index (χ1n) is 8.92. The maximum absolute atomic E-state index is 12.9. The third kappa shape index (κ3) is 3.92. The van der Waals surface area contributed by atoms with Gasteiger partial charge < -0.3 is 5.32 Å². The van der Waals surface area contributed by atoms with E-state index >= 15 is 0 Å². The first-order valence-corrected chi connectivity index (χ1v) is 10.1. The van der Waals surface area contributed by atoms with Crippen molar-refractivity contribution in [2.24, 2.45) is 0 Å². The molecule has 6 nitrogen and oxygen atoms in total. The minimum atomic E-state index is -0.387. The zero-order chi connectivity index (χ0) is 20.5. The maximum atomic E-state index is 12.9. The summed E-state index contributed by atoms with van der Waals surface area (Å²) in [6.07, 6.45) is 0. The first kappa shape index (κ1) is 19.3. The molecule has 0 spiro atoms. The van der Waals surface area contributed by atoms with Crippen molar-refractivity contribution >= 4 is 44.7 Å². The van der Waals surface area contributed by atoms with E-state index in [-0.39, 0.29) is 18.0 Å². The minimum Gasteiger partial charge on any atom is -0.324 e. The van der Waals surface area contributed by atoms with Crippen LogP contribution in [0.5, 0.6) is 0 Å². The van der Waals surface area contributed by atoms with Crippen LogP contribution in [0, 0.1) is 13.8 Å². The lowest BCUT2D eigenvalue weighted by Gasteiger charge is -2.10. The van der Waals surface area contributed by atoms with Crippen molar-refractivity contribution in [1.82, 2.24) is 14.8 Å². The average Bonchev–Trinajstić information content (AvgIpc) is 3.09. The second kappa shape index (κ2) is 7.77. The maximum Gasteiger partial charge on any atom is 0.294 e. The van der Waals surface area contributed by atoms with Gasteiger partial charge in [0.05, 0.1) is 9.71 Å². The van der Waals surface area contributed by atoms with Crippen LogP contribution in [0.4, 0.5) is 5.69 Å². The summed E-state index contributed by atoms with van der Waals surface area (Å²) in [5.41, 5.74) is 2.97. The highest BCUT2D eigenvalue weighted by Gasteiger charge is 2.18. The van der Waals surface area contributed by atoms with Gasteiger partial charge in [0, 0.05) is 16.3 Å².